The average Bonchev–Trinajstić information content (AvgIpc) is 2.28. The van der Waals surface area contributed by atoms with Gasteiger partial charge in [0.15, 0.2) is 0 Å². The van der Waals surface area contributed by atoms with Crippen molar-refractivity contribution in [2.45, 2.75) is 19.4 Å². The molecule has 17 heavy (non-hydrogen) atoms. The van der Waals surface area contributed by atoms with E-state index in [4.69, 9.17) is 10.6 Å². The number of hydrogen-bond donors (Lipinski definition) is 1. The van der Waals surface area contributed by atoms with Crippen LogP contribution in [0.15, 0.2) is 30.3 Å². The van der Waals surface area contributed by atoms with Crippen LogP contribution >= 0.6 is 0 Å². The van der Waals surface area contributed by atoms with Crippen LogP contribution in [-0.2, 0) is 4.84 Å². The number of hydrogen-bond acceptors (Lipinski definition) is 4. The Balaban J connectivity index is 1.95. The van der Waals surface area contributed by atoms with Gasteiger partial charge in [0, 0.05) is 12.6 Å². The molecule has 1 saturated heterocycles. The summed E-state index contributed by atoms with van der Waals surface area (Å²) >= 11 is 0. The first-order chi connectivity index (χ1) is 8.15. The molecule has 0 saturated carbocycles. The van der Waals surface area contributed by atoms with Crippen molar-refractivity contribution in [3.05, 3.63) is 35.9 Å². The molecule has 92 valence electrons. The van der Waals surface area contributed by atoms with Gasteiger partial charge in [-0.25, -0.2) is 4.79 Å². The number of rotatable bonds is 2. The van der Waals surface area contributed by atoms with Gasteiger partial charge < -0.3 is 10.6 Å². The molecule has 1 heterocycles. The van der Waals surface area contributed by atoms with Crippen LogP contribution < -0.4 is 5.73 Å². The van der Waals surface area contributed by atoms with Crippen LogP contribution in [0.5, 0.6) is 0 Å². The maximum absolute atomic E-state index is 11.8. The molecule has 1 aliphatic rings. The Hall–Kier alpha value is -1.39. The van der Waals surface area contributed by atoms with E-state index in [9.17, 15) is 4.79 Å². The summed E-state index contributed by atoms with van der Waals surface area (Å²) in [7, 11) is 0. The first-order valence-corrected chi connectivity index (χ1v) is 5.93. The van der Waals surface area contributed by atoms with Crippen molar-refractivity contribution in [3.8, 4) is 0 Å². The zero-order valence-electron chi connectivity index (χ0n) is 10.0. The fourth-order valence-electron chi connectivity index (χ4n) is 2.17. The summed E-state index contributed by atoms with van der Waals surface area (Å²) in [6.07, 6.45) is 0.986. The van der Waals surface area contributed by atoms with Crippen molar-refractivity contribution < 1.29 is 9.63 Å². The first-order valence-electron chi connectivity index (χ1n) is 5.93. The zero-order chi connectivity index (χ0) is 12.3. The first kappa shape index (κ1) is 12.1. The molecule has 0 bridgehead atoms. The summed E-state index contributed by atoms with van der Waals surface area (Å²) < 4.78 is 0. The second-order valence-electron chi connectivity index (χ2n) is 4.69. The maximum Gasteiger partial charge on any atom is 0.357 e. The number of nitrogens with two attached hydrogens (primary N) is 1. The lowest BCUT2D eigenvalue weighted by Gasteiger charge is -2.32. The molecule has 1 aliphatic heterocycles. The van der Waals surface area contributed by atoms with E-state index in [2.05, 4.69) is 6.92 Å². The summed E-state index contributed by atoms with van der Waals surface area (Å²) in [4.78, 5) is 17.2. The van der Waals surface area contributed by atoms with Crippen molar-refractivity contribution >= 4 is 5.97 Å². The Morgan fingerprint density at radius 1 is 1.35 bits per heavy atom. The second-order valence-corrected chi connectivity index (χ2v) is 4.69. The molecule has 0 spiro atoms. The van der Waals surface area contributed by atoms with Gasteiger partial charge in [-0.2, -0.15) is 0 Å². The predicted molar refractivity (Wildman–Crippen MR) is 65.2 cm³/mol. The van der Waals surface area contributed by atoms with Gasteiger partial charge in [-0.15, -0.1) is 5.06 Å². The molecule has 2 N–H and O–H groups in total. The maximum atomic E-state index is 11.8. The Labute approximate surface area is 101 Å². The lowest BCUT2D eigenvalue weighted by molar-refractivity contribution is -0.132. The van der Waals surface area contributed by atoms with E-state index >= 15 is 0 Å². The number of benzene rings is 1. The number of carbonyl (C=O) groups excluding carboxylic acids is 1. The molecule has 0 amide bonds. The van der Waals surface area contributed by atoms with Gasteiger partial charge in [0.1, 0.15) is 0 Å². The van der Waals surface area contributed by atoms with Gasteiger partial charge in [-0.05, 0) is 24.5 Å². The van der Waals surface area contributed by atoms with Crippen molar-refractivity contribution in [2.75, 3.05) is 13.1 Å². The summed E-state index contributed by atoms with van der Waals surface area (Å²) in [6.45, 7) is 3.48. The molecule has 1 aromatic rings. The van der Waals surface area contributed by atoms with E-state index in [0.29, 0.717) is 18.0 Å². The third kappa shape index (κ3) is 3.28. The molecule has 2 rings (SSSR count). The van der Waals surface area contributed by atoms with Gasteiger partial charge in [0.05, 0.1) is 12.1 Å². The normalized spacial score (nSPS) is 25.5. The lowest BCUT2D eigenvalue weighted by Crippen LogP contribution is -2.46. The highest BCUT2D eigenvalue weighted by Crippen LogP contribution is 2.16. The number of carbonyl (C=O) groups is 1. The highest BCUT2D eigenvalue weighted by molar-refractivity contribution is 5.89. The molecule has 2 atom stereocenters. The van der Waals surface area contributed by atoms with E-state index in [0.717, 1.165) is 13.0 Å². The van der Waals surface area contributed by atoms with Gasteiger partial charge in [0.2, 0.25) is 0 Å². The van der Waals surface area contributed by atoms with Gasteiger partial charge in [0.25, 0.3) is 0 Å². The summed E-state index contributed by atoms with van der Waals surface area (Å²) in [6, 6.07) is 9.09. The van der Waals surface area contributed by atoms with Gasteiger partial charge in [-0.3, -0.25) is 0 Å². The van der Waals surface area contributed by atoms with E-state index < -0.39 is 0 Å². The van der Waals surface area contributed by atoms with Crippen molar-refractivity contribution in [1.29, 1.82) is 0 Å². The largest absolute Gasteiger partial charge is 0.364 e. The van der Waals surface area contributed by atoms with Crippen LogP contribution in [-0.4, -0.2) is 30.2 Å². The van der Waals surface area contributed by atoms with E-state index in [1.165, 1.54) is 0 Å². The van der Waals surface area contributed by atoms with Crippen LogP contribution in [0.1, 0.15) is 23.7 Å². The van der Waals surface area contributed by atoms with Crippen LogP contribution in [0.3, 0.4) is 0 Å². The fraction of sp³-hybridized carbons (Fsp3) is 0.462. The van der Waals surface area contributed by atoms with Crippen molar-refractivity contribution in [3.63, 3.8) is 0 Å². The van der Waals surface area contributed by atoms with Crippen molar-refractivity contribution in [2.24, 2.45) is 11.7 Å². The Morgan fingerprint density at radius 2 is 2.06 bits per heavy atom. The minimum absolute atomic E-state index is 0.0855. The zero-order valence-corrected chi connectivity index (χ0v) is 10.0. The molecule has 4 heteroatoms. The van der Waals surface area contributed by atoms with E-state index in [1.807, 2.05) is 18.2 Å². The Morgan fingerprint density at radius 3 is 2.71 bits per heavy atom. The van der Waals surface area contributed by atoms with Gasteiger partial charge >= 0.3 is 5.97 Å². The Bertz CT molecular complexity index is 370. The van der Waals surface area contributed by atoms with Crippen LogP contribution in [0.2, 0.25) is 0 Å². The third-order valence-electron chi connectivity index (χ3n) is 2.88. The van der Waals surface area contributed by atoms with Crippen LogP contribution in [0, 0.1) is 5.92 Å². The molecule has 1 aromatic carbocycles. The Kier molecular flexibility index (Phi) is 3.76. The number of hydroxylamine groups is 2. The smallest absolute Gasteiger partial charge is 0.357 e. The molecular weight excluding hydrogens is 216 g/mol. The fourth-order valence-corrected chi connectivity index (χ4v) is 2.17. The summed E-state index contributed by atoms with van der Waals surface area (Å²) in [5.74, 6) is 0.147. The predicted octanol–water partition coefficient (Wildman–Crippen LogP) is 1.43. The molecule has 1 fully saturated rings. The molecule has 4 nitrogen and oxygen atoms in total. The van der Waals surface area contributed by atoms with E-state index in [1.54, 1.807) is 17.2 Å². The highest BCUT2D eigenvalue weighted by atomic mass is 16.7. The van der Waals surface area contributed by atoms with Crippen LogP contribution in [0.4, 0.5) is 0 Å². The molecular formula is C13H18N2O2. The molecule has 0 aliphatic carbocycles. The van der Waals surface area contributed by atoms with Crippen molar-refractivity contribution in [1.82, 2.24) is 5.06 Å². The van der Waals surface area contributed by atoms with E-state index in [-0.39, 0.29) is 12.0 Å². The average molecular weight is 234 g/mol. The molecule has 0 unspecified atom stereocenters. The third-order valence-corrected chi connectivity index (χ3v) is 2.88. The van der Waals surface area contributed by atoms with Gasteiger partial charge in [-0.1, -0.05) is 25.1 Å². The summed E-state index contributed by atoms with van der Waals surface area (Å²) in [5.41, 5.74) is 6.47. The standard InChI is InChI=1S/C13H18N2O2/c1-10-7-12(14)9-15(8-10)17-13(16)11-5-3-2-4-6-11/h2-6,10,12H,7-9,14H2,1H3/t10-,12-/m0/s1. The molecule has 0 radical (unpaired) electrons. The lowest BCUT2D eigenvalue weighted by atomic mass is 9.98. The minimum atomic E-state index is -0.313. The minimum Gasteiger partial charge on any atom is -0.364 e. The quantitative estimate of drug-likeness (QED) is 0.841. The SMILES string of the molecule is C[C@H]1C[C@H](N)CN(OC(=O)c2ccccc2)C1. The second kappa shape index (κ2) is 5.29. The highest BCUT2D eigenvalue weighted by Gasteiger charge is 2.25. The summed E-state index contributed by atoms with van der Waals surface area (Å²) in [5, 5.41) is 1.67. The van der Waals surface area contributed by atoms with Crippen LogP contribution in [0.25, 0.3) is 0 Å². The number of nitrogens with zero attached hydrogens (tertiary/aromatic N) is 1. The molecule has 0 aromatic heterocycles. The number of piperidine rings is 1. The monoisotopic (exact) mass is 234 g/mol. The topological polar surface area (TPSA) is 55.6 Å².